The molecule has 0 bridgehead atoms. The van der Waals surface area contributed by atoms with Crippen LogP contribution in [0.3, 0.4) is 0 Å². The first-order valence-corrected chi connectivity index (χ1v) is 6.64. The lowest BCUT2D eigenvalue weighted by molar-refractivity contribution is 0.476. The van der Waals surface area contributed by atoms with E-state index < -0.39 is 0 Å². The molecule has 0 atom stereocenters. The molecule has 1 aromatic heterocycles. The summed E-state index contributed by atoms with van der Waals surface area (Å²) in [5, 5.41) is 13.4. The molecule has 1 N–H and O–H groups in total. The van der Waals surface area contributed by atoms with Gasteiger partial charge in [-0.15, -0.1) is 0 Å². The molecular formula is C16H11ClO2. The minimum absolute atomic E-state index is 0.265. The summed E-state index contributed by atoms with van der Waals surface area (Å²) in [6.07, 6.45) is 3.85. The number of fused-ring (bicyclic) bond motifs is 4. The molecule has 0 radical (unpaired) electrons. The number of halogens is 1. The highest BCUT2D eigenvalue weighted by Crippen LogP contribution is 2.39. The molecule has 19 heavy (non-hydrogen) atoms. The molecule has 0 fully saturated rings. The van der Waals surface area contributed by atoms with Crippen LogP contribution in [0.2, 0.25) is 0 Å². The van der Waals surface area contributed by atoms with E-state index >= 15 is 0 Å². The highest BCUT2D eigenvalue weighted by Gasteiger charge is 2.19. The Labute approximate surface area is 114 Å². The largest absolute Gasteiger partial charge is 0.508 e. The zero-order valence-corrected chi connectivity index (χ0v) is 10.9. The number of phenolic OH excluding ortho intramolecular Hbond substituents is 1. The minimum atomic E-state index is 0.265. The van der Waals surface area contributed by atoms with Crippen molar-refractivity contribution in [3.63, 3.8) is 0 Å². The predicted molar refractivity (Wildman–Crippen MR) is 77.5 cm³/mol. The Morgan fingerprint density at radius 1 is 1.11 bits per heavy atom. The lowest BCUT2D eigenvalue weighted by atomic mass is 10.00. The quantitative estimate of drug-likeness (QED) is 0.635. The summed E-state index contributed by atoms with van der Waals surface area (Å²) in [6, 6.07) is 9.39. The third kappa shape index (κ3) is 1.57. The second-order valence-corrected chi connectivity index (χ2v) is 5.28. The van der Waals surface area contributed by atoms with Crippen LogP contribution in [-0.4, -0.2) is 5.11 Å². The molecule has 0 unspecified atom stereocenters. The van der Waals surface area contributed by atoms with Crippen molar-refractivity contribution in [1.29, 1.82) is 0 Å². The van der Waals surface area contributed by atoms with E-state index in [0.717, 1.165) is 50.9 Å². The lowest BCUT2D eigenvalue weighted by Crippen LogP contribution is -1.92. The normalized spacial score (nSPS) is 14.7. The molecule has 3 aromatic rings. The van der Waals surface area contributed by atoms with Crippen LogP contribution in [0.25, 0.3) is 26.8 Å². The minimum Gasteiger partial charge on any atom is -0.508 e. The van der Waals surface area contributed by atoms with Crippen molar-refractivity contribution >= 4 is 38.4 Å². The van der Waals surface area contributed by atoms with Crippen molar-refractivity contribution < 1.29 is 9.52 Å². The lowest BCUT2D eigenvalue weighted by Gasteiger charge is -2.06. The number of furan rings is 1. The molecular weight excluding hydrogens is 260 g/mol. The maximum absolute atomic E-state index is 9.55. The highest BCUT2D eigenvalue weighted by atomic mass is 35.5. The molecule has 0 saturated heterocycles. The second kappa shape index (κ2) is 3.78. The van der Waals surface area contributed by atoms with Crippen LogP contribution < -0.4 is 0 Å². The third-order valence-corrected chi connectivity index (χ3v) is 3.98. The van der Waals surface area contributed by atoms with Crippen LogP contribution in [0.5, 0.6) is 5.75 Å². The number of phenols is 1. The fraction of sp³-hybridized carbons (Fsp3) is 0.125. The van der Waals surface area contributed by atoms with Gasteiger partial charge in [0, 0.05) is 22.4 Å². The van der Waals surface area contributed by atoms with Gasteiger partial charge in [0.05, 0.1) is 0 Å². The molecule has 2 aromatic carbocycles. The summed E-state index contributed by atoms with van der Waals surface area (Å²) in [6.45, 7) is 0. The van der Waals surface area contributed by atoms with Gasteiger partial charge in [-0.3, -0.25) is 0 Å². The van der Waals surface area contributed by atoms with Crippen LogP contribution in [0.1, 0.15) is 17.7 Å². The van der Waals surface area contributed by atoms with Gasteiger partial charge in [-0.25, -0.2) is 0 Å². The molecule has 94 valence electrons. The van der Waals surface area contributed by atoms with Gasteiger partial charge in [0.15, 0.2) is 0 Å². The van der Waals surface area contributed by atoms with Gasteiger partial charge in [0.25, 0.3) is 0 Å². The smallest absolute Gasteiger partial charge is 0.135 e. The Balaban J connectivity index is 2.12. The van der Waals surface area contributed by atoms with Crippen molar-refractivity contribution in [3.05, 3.63) is 47.7 Å². The fourth-order valence-corrected chi connectivity index (χ4v) is 3.06. The van der Waals surface area contributed by atoms with Gasteiger partial charge in [-0.2, -0.15) is 0 Å². The zero-order valence-electron chi connectivity index (χ0n) is 10.1. The number of rotatable bonds is 0. The summed E-state index contributed by atoms with van der Waals surface area (Å²) < 4.78 is 5.90. The zero-order chi connectivity index (χ0) is 13.0. The number of hydrogen-bond acceptors (Lipinski definition) is 2. The molecule has 0 aliphatic heterocycles. The van der Waals surface area contributed by atoms with Gasteiger partial charge in [0.2, 0.25) is 0 Å². The Morgan fingerprint density at radius 3 is 2.89 bits per heavy atom. The monoisotopic (exact) mass is 270 g/mol. The molecule has 0 amide bonds. The van der Waals surface area contributed by atoms with Crippen molar-refractivity contribution in [1.82, 2.24) is 0 Å². The van der Waals surface area contributed by atoms with Gasteiger partial charge < -0.3 is 9.52 Å². The van der Waals surface area contributed by atoms with E-state index in [1.807, 2.05) is 18.2 Å². The molecule has 1 aliphatic carbocycles. The topological polar surface area (TPSA) is 33.4 Å². The van der Waals surface area contributed by atoms with Gasteiger partial charge in [-0.1, -0.05) is 23.7 Å². The van der Waals surface area contributed by atoms with Gasteiger partial charge in [-0.05, 0) is 41.5 Å². The number of allylic oxidation sites excluding steroid dienone is 1. The average Bonchev–Trinajstić information content (AvgIpc) is 2.74. The SMILES string of the molecule is Oc1ccc2cc3c4c(oc3cc2c1)CCC=C4Cl. The van der Waals surface area contributed by atoms with E-state index in [4.69, 9.17) is 16.0 Å². The van der Waals surface area contributed by atoms with Crippen LogP contribution in [-0.2, 0) is 6.42 Å². The van der Waals surface area contributed by atoms with Crippen LogP contribution in [0.4, 0.5) is 0 Å². The number of aromatic hydroxyl groups is 1. The van der Waals surface area contributed by atoms with Gasteiger partial charge >= 0.3 is 0 Å². The van der Waals surface area contributed by atoms with Crippen molar-refractivity contribution in [2.24, 2.45) is 0 Å². The second-order valence-electron chi connectivity index (χ2n) is 4.87. The number of aryl methyl sites for hydroxylation is 1. The first kappa shape index (κ1) is 10.9. The Morgan fingerprint density at radius 2 is 2.00 bits per heavy atom. The number of hydrogen-bond donors (Lipinski definition) is 1. The van der Waals surface area contributed by atoms with Gasteiger partial charge in [0.1, 0.15) is 17.1 Å². The summed E-state index contributed by atoms with van der Waals surface area (Å²) in [5.74, 6) is 1.23. The van der Waals surface area contributed by atoms with E-state index in [9.17, 15) is 5.11 Å². The summed E-state index contributed by atoms with van der Waals surface area (Å²) >= 11 is 6.31. The van der Waals surface area contributed by atoms with Crippen LogP contribution in [0.15, 0.2) is 40.8 Å². The first-order valence-electron chi connectivity index (χ1n) is 6.26. The average molecular weight is 271 g/mol. The highest BCUT2D eigenvalue weighted by molar-refractivity contribution is 6.50. The van der Waals surface area contributed by atoms with Crippen molar-refractivity contribution in [3.8, 4) is 5.75 Å². The van der Waals surface area contributed by atoms with Crippen molar-refractivity contribution in [2.75, 3.05) is 0 Å². The summed E-state index contributed by atoms with van der Waals surface area (Å²) in [7, 11) is 0. The van der Waals surface area contributed by atoms with E-state index in [1.54, 1.807) is 12.1 Å². The summed E-state index contributed by atoms with van der Waals surface area (Å²) in [4.78, 5) is 0. The third-order valence-electron chi connectivity index (χ3n) is 3.64. The Hall–Kier alpha value is -1.93. The van der Waals surface area contributed by atoms with Crippen molar-refractivity contribution in [2.45, 2.75) is 12.8 Å². The Bertz CT molecular complexity index is 843. The standard InChI is InChI=1S/C16H11ClO2/c17-13-2-1-3-14-16(13)12-7-9-4-5-11(18)6-10(9)8-15(12)19-14/h2,4-8,18H,1,3H2. The van der Waals surface area contributed by atoms with E-state index in [1.165, 1.54) is 0 Å². The molecule has 3 heteroatoms. The van der Waals surface area contributed by atoms with Crippen LogP contribution in [0, 0.1) is 0 Å². The molecule has 0 spiro atoms. The van der Waals surface area contributed by atoms with E-state index in [-0.39, 0.29) is 5.75 Å². The maximum atomic E-state index is 9.55. The molecule has 1 heterocycles. The Kier molecular flexibility index (Phi) is 2.18. The first-order chi connectivity index (χ1) is 9.22. The number of benzene rings is 2. The molecule has 4 rings (SSSR count). The predicted octanol–water partition coefficient (Wildman–Crippen LogP) is 4.82. The molecule has 1 aliphatic rings. The fourth-order valence-electron chi connectivity index (χ4n) is 2.75. The molecule has 2 nitrogen and oxygen atoms in total. The van der Waals surface area contributed by atoms with E-state index in [0.29, 0.717) is 0 Å². The van der Waals surface area contributed by atoms with E-state index in [2.05, 4.69) is 6.07 Å². The molecule has 0 saturated carbocycles. The van der Waals surface area contributed by atoms with Crippen LogP contribution >= 0.6 is 11.6 Å². The summed E-state index contributed by atoms with van der Waals surface area (Å²) in [5.41, 5.74) is 1.86. The maximum Gasteiger partial charge on any atom is 0.135 e.